The maximum absolute atomic E-state index is 13.2. The highest BCUT2D eigenvalue weighted by molar-refractivity contribution is 8.00. The Bertz CT molecular complexity index is 724. The Labute approximate surface area is 129 Å². The third kappa shape index (κ3) is 3.76. The van der Waals surface area contributed by atoms with Gasteiger partial charge in [-0.1, -0.05) is 22.4 Å². The summed E-state index contributed by atoms with van der Waals surface area (Å²) in [6.45, 7) is 0. The average molecular weight is 323 g/mol. The number of aromatic nitrogens is 2. The number of carbonyl (C=O) groups excluding carboxylic acids is 1. The van der Waals surface area contributed by atoms with Gasteiger partial charge in [0.2, 0.25) is 11.7 Å². The number of halogens is 1. The van der Waals surface area contributed by atoms with Gasteiger partial charge in [0, 0.05) is 5.69 Å². The van der Waals surface area contributed by atoms with E-state index in [0.29, 0.717) is 11.2 Å². The summed E-state index contributed by atoms with van der Waals surface area (Å²) in [7, 11) is 1.60. The molecule has 11 heteroatoms. The van der Waals surface area contributed by atoms with Crippen LogP contribution >= 0.6 is 11.8 Å². The number of anilines is 1. The number of thioether (sulfide) groups is 1. The molecule has 2 aromatic rings. The van der Waals surface area contributed by atoms with Gasteiger partial charge >= 0.3 is 0 Å². The molecule has 0 radical (unpaired) electrons. The van der Waals surface area contributed by atoms with E-state index in [1.807, 2.05) is 0 Å². The number of benzene rings is 1. The monoisotopic (exact) mass is 323 g/mol. The van der Waals surface area contributed by atoms with Gasteiger partial charge in [-0.3, -0.25) is 4.79 Å². The van der Waals surface area contributed by atoms with Crippen LogP contribution in [0.4, 0.5) is 10.1 Å². The smallest absolute Gasteiger partial charge is 0.227 e. The molecule has 4 N–H and O–H groups in total. The zero-order valence-electron chi connectivity index (χ0n) is 11.4. The topological polar surface area (TPSA) is 127 Å². The number of hydrogen-bond donors (Lipinski definition) is 3. The lowest BCUT2D eigenvalue weighted by Crippen LogP contribution is -2.18. The van der Waals surface area contributed by atoms with Crippen molar-refractivity contribution in [2.75, 3.05) is 11.1 Å². The molecule has 1 aromatic carbocycles. The first-order chi connectivity index (χ1) is 10.5. The van der Waals surface area contributed by atoms with Gasteiger partial charge in [-0.25, -0.2) is 9.02 Å². The maximum Gasteiger partial charge on any atom is 0.227 e. The molecule has 1 aromatic heterocycles. The molecule has 0 saturated heterocycles. The maximum atomic E-state index is 13.2. The van der Waals surface area contributed by atoms with Gasteiger partial charge < -0.3 is 16.3 Å². The largest absolute Gasteiger partial charge is 0.409 e. The lowest BCUT2D eigenvalue weighted by Gasteiger charge is -2.07. The standard InChI is InChI=1S/C11H11BFN5O3S/c12-6-3-5(1-2-7(6)13)15-10(16-20)9-11(18-21-17-9)22-4-8(14)19/h1-3,20H,4,12H2,(H2,14,19)(H,15,16). The van der Waals surface area contributed by atoms with Crippen LogP contribution in [-0.2, 0) is 4.79 Å². The van der Waals surface area contributed by atoms with E-state index < -0.39 is 5.91 Å². The molecule has 0 bridgehead atoms. The molecule has 0 spiro atoms. The SMILES string of the molecule is Bc1cc(N/C(=N\O)c2nonc2SCC(N)=O)ccc1F. The fourth-order valence-electron chi connectivity index (χ4n) is 1.55. The molecule has 0 saturated carbocycles. The van der Waals surface area contributed by atoms with Crippen molar-refractivity contribution in [1.29, 1.82) is 0 Å². The third-order valence-electron chi connectivity index (χ3n) is 2.55. The van der Waals surface area contributed by atoms with Crippen LogP contribution in [0.25, 0.3) is 0 Å². The molecule has 0 fully saturated rings. The summed E-state index contributed by atoms with van der Waals surface area (Å²) in [5, 5.41) is 22.4. The van der Waals surface area contributed by atoms with Gasteiger partial charge in [-0.15, -0.1) is 0 Å². The van der Waals surface area contributed by atoms with E-state index in [1.165, 1.54) is 18.2 Å². The normalized spacial score (nSPS) is 11.4. The molecule has 1 amide bonds. The third-order valence-corrected chi connectivity index (χ3v) is 3.52. The molecule has 0 aliphatic carbocycles. The first-order valence-corrected chi connectivity index (χ1v) is 6.99. The average Bonchev–Trinajstić information content (AvgIpc) is 2.94. The van der Waals surface area contributed by atoms with Crippen molar-refractivity contribution in [3.8, 4) is 0 Å². The summed E-state index contributed by atoms with van der Waals surface area (Å²) in [5.74, 6) is -0.980. The Balaban J connectivity index is 2.20. The summed E-state index contributed by atoms with van der Waals surface area (Å²) in [4.78, 5) is 10.8. The number of rotatable bonds is 5. The van der Waals surface area contributed by atoms with Crippen LogP contribution in [0.3, 0.4) is 0 Å². The van der Waals surface area contributed by atoms with Crippen molar-refractivity contribution in [1.82, 2.24) is 10.3 Å². The fraction of sp³-hybridized carbons (Fsp3) is 0.0909. The van der Waals surface area contributed by atoms with Gasteiger partial charge in [-0.05, 0) is 28.5 Å². The van der Waals surface area contributed by atoms with Crippen molar-refractivity contribution in [2.45, 2.75) is 5.03 Å². The minimum atomic E-state index is -0.538. The zero-order chi connectivity index (χ0) is 16.1. The van der Waals surface area contributed by atoms with Crippen molar-refractivity contribution >= 4 is 42.5 Å². The molecule has 0 aliphatic heterocycles. The molecule has 0 atom stereocenters. The molecule has 114 valence electrons. The molecular formula is C11H11BFN5O3S. The number of nitrogens with two attached hydrogens (primary N) is 1. The van der Waals surface area contributed by atoms with E-state index in [1.54, 1.807) is 7.85 Å². The van der Waals surface area contributed by atoms with E-state index in [0.717, 1.165) is 11.8 Å². The molecule has 0 aliphatic rings. The number of amidine groups is 1. The summed E-state index contributed by atoms with van der Waals surface area (Å²) >= 11 is 0.988. The first kappa shape index (κ1) is 15.8. The Kier molecular flexibility index (Phi) is 4.99. The van der Waals surface area contributed by atoms with Crippen LogP contribution in [-0.4, -0.2) is 40.9 Å². The van der Waals surface area contributed by atoms with Gasteiger partial charge in [-0.2, -0.15) is 0 Å². The highest BCUT2D eigenvalue weighted by Gasteiger charge is 2.19. The Morgan fingerprint density at radius 3 is 2.95 bits per heavy atom. The van der Waals surface area contributed by atoms with E-state index in [-0.39, 0.29) is 28.1 Å². The van der Waals surface area contributed by atoms with Gasteiger partial charge in [0.25, 0.3) is 0 Å². The Morgan fingerprint density at radius 1 is 1.55 bits per heavy atom. The second-order valence-corrected chi connectivity index (χ2v) is 5.17. The highest BCUT2D eigenvalue weighted by Crippen LogP contribution is 2.20. The molecule has 0 unspecified atom stereocenters. The number of carbonyl (C=O) groups is 1. The Morgan fingerprint density at radius 2 is 2.32 bits per heavy atom. The Hall–Kier alpha value is -2.56. The van der Waals surface area contributed by atoms with Crippen molar-refractivity contribution in [2.24, 2.45) is 10.9 Å². The number of primary amides is 1. The fourth-order valence-corrected chi connectivity index (χ4v) is 2.19. The van der Waals surface area contributed by atoms with E-state index in [2.05, 4.69) is 25.4 Å². The quantitative estimate of drug-likeness (QED) is 0.166. The molecule has 22 heavy (non-hydrogen) atoms. The second kappa shape index (κ2) is 6.94. The minimum absolute atomic E-state index is 0.0322. The first-order valence-electron chi connectivity index (χ1n) is 6.00. The molecular weight excluding hydrogens is 312 g/mol. The molecule has 8 nitrogen and oxygen atoms in total. The highest BCUT2D eigenvalue weighted by atomic mass is 32.2. The summed E-state index contributed by atoms with van der Waals surface area (Å²) in [6.07, 6.45) is 0. The van der Waals surface area contributed by atoms with Crippen LogP contribution in [0, 0.1) is 5.82 Å². The minimum Gasteiger partial charge on any atom is -0.409 e. The lowest BCUT2D eigenvalue weighted by atomic mass is 9.95. The van der Waals surface area contributed by atoms with E-state index in [9.17, 15) is 9.18 Å². The summed E-state index contributed by atoms with van der Waals surface area (Å²) in [6, 6.07) is 4.28. The second-order valence-electron chi connectivity index (χ2n) is 4.21. The predicted molar refractivity (Wildman–Crippen MR) is 80.7 cm³/mol. The van der Waals surface area contributed by atoms with Crippen molar-refractivity contribution < 1.29 is 19.0 Å². The van der Waals surface area contributed by atoms with E-state index >= 15 is 0 Å². The number of nitrogens with zero attached hydrogens (tertiary/aromatic N) is 3. The van der Waals surface area contributed by atoms with Gasteiger partial charge in [0.1, 0.15) is 13.7 Å². The molecule has 1 heterocycles. The van der Waals surface area contributed by atoms with Crippen molar-refractivity contribution in [3.63, 3.8) is 0 Å². The summed E-state index contributed by atoms with van der Waals surface area (Å²) < 4.78 is 17.8. The predicted octanol–water partition coefficient (Wildman–Crippen LogP) is -0.708. The van der Waals surface area contributed by atoms with Gasteiger partial charge in [0.15, 0.2) is 10.7 Å². The van der Waals surface area contributed by atoms with Crippen LogP contribution in [0.15, 0.2) is 33.0 Å². The van der Waals surface area contributed by atoms with Crippen LogP contribution in [0.1, 0.15) is 5.69 Å². The number of oxime groups is 1. The van der Waals surface area contributed by atoms with Crippen molar-refractivity contribution in [3.05, 3.63) is 29.7 Å². The zero-order valence-corrected chi connectivity index (χ0v) is 12.2. The lowest BCUT2D eigenvalue weighted by molar-refractivity contribution is -0.115. The van der Waals surface area contributed by atoms with Crippen LogP contribution in [0.2, 0.25) is 0 Å². The molecule has 2 rings (SSSR count). The van der Waals surface area contributed by atoms with E-state index in [4.69, 9.17) is 10.9 Å². The van der Waals surface area contributed by atoms with Crippen LogP contribution < -0.4 is 16.5 Å². The number of nitrogens with one attached hydrogen (secondary N) is 1. The van der Waals surface area contributed by atoms with Gasteiger partial charge in [0.05, 0.1) is 5.75 Å². The summed E-state index contributed by atoms with van der Waals surface area (Å²) in [5.41, 5.74) is 6.07. The van der Waals surface area contributed by atoms with Crippen LogP contribution in [0.5, 0.6) is 0 Å². The number of amides is 1. The number of hydrogen-bond acceptors (Lipinski definition) is 7.